The van der Waals surface area contributed by atoms with E-state index >= 15 is 0 Å². The van der Waals surface area contributed by atoms with E-state index in [2.05, 4.69) is 33.0 Å². The number of carbonyl (C=O) groups is 1. The molecule has 2 aromatic heterocycles. The molecule has 0 unspecified atom stereocenters. The summed E-state index contributed by atoms with van der Waals surface area (Å²) < 4.78 is 4.22. The highest BCUT2D eigenvalue weighted by atomic mass is 16.2. The lowest BCUT2D eigenvalue weighted by molar-refractivity contribution is -0.136. The first-order valence-corrected chi connectivity index (χ1v) is 9.49. The minimum Gasteiger partial charge on any atom is -0.335 e. The number of nitrogens with one attached hydrogen (secondary N) is 1. The zero-order valence-electron chi connectivity index (χ0n) is 16.3. The summed E-state index contributed by atoms with van der Waals surface area (Å²) in [6.07, 6.45) is 4.91. The average molecular weight is 358 g/mol. The number of rotatable bonds is 7. The molecule has 1 N–H and O–H groups in total. The van der Waals surface area contributed by atoms with Crippen molar-refractivity contribution in [1.29, 1.82) is 0 Å². The van der Waals surface area contributed by atoms with Crippen molar-refractivity contribution in [1.82, 2.24) is 29.5 Å². The molecule has 7 nitrogen and oxygen atoms in total. The smallest absolute Gasteiger partial charge is 0.225 e. The third-order valence-corrected chi connectivity index (χ3v) is 5.01. The van der Waals surface area contributed by atoms with Gasteiger partial charge in [-0.1, -0.05) is 13.8 Å². The van der Waals surface area contributed by atoms with Crippen molar-refractivity contribution in [2.24, 2.45) is 5.92 Å². The van der Waals surface area contributed by atoms with E-state index in [0.717, 1.165) is 49.8 Å². The molecule has 0 aliphatic carbocycles. The number of fused-ring (bicyclic) bond motifs is 1. The SMILES string of the molecule is Cc1nccn1CC[C@@H](C)NCc1cc2n(n1)CCN(C(=O)C(C)C)C2. The van der Waals surface area contributed by atoms with Crippen molar-refractivity contribution in [3.8, 4) is 0 Å². The van der Waals surface area contributed by atoms with Gasteiger partial charge in [-0.2, -0.15) is 5.10 Å². The molecule has 0 aromatic carbocycles. The molecule has 7 heteroatoms. The molecule has 1 atom stereocenters. The van der Waals surface area contributed by atoms with Crippen LogP contribution >= 0.6 is 0 Å². The number of hydrogen-bond acceptors (Lipinski definition) is 4. The molecule has 26 heavy (non-hydrogen) atoms. The van der Waals surface area contributed by atoms with E-state index in [1.54, 1.807) is 0 Å². The fourth-order valence-electron chi connectivity index (χ4n) is 3.32. The molecular formula is C19H30N6O. The van der Waals surface area contributed by atoms with Gasteiger partial charge >= 0.3 is 0 Å². The van der Waals surface area contributed by atoms with Crippen molar-refractivity contribution in [2.45, 2.75) is 66.3 Å². The highest BCUT2D eigenvalue weighted by Gasteiger charge is 2.23. The van der Waals surface area contributed by atoms with Crippen LogP contribution in [0.5, 0.6) is 0 Å². The number of aromatic nitrogens is 4. The van der Waals surface area contributed by atoms with Crippen molar-refractivity contribution in [2.75, 3.05) is 6.54 Å². The molecule has 3 rings (SSSR count). The van der Waals surface area contributed by atoms with Crippen molar-refractivity contribution in [3.05, 3.63) is 35.7 Å². The van der Waals surface area contributed by atoms with E-state index in [4.69, 9.17) is 0 Å². The number of amides is 1. The molecule has 142 valence electrons. The lowest BCUT2D eigenvalue weighted by atomic mass is 10.1. The largest absolute Gasteiger partial charge is 0.335 e. The summed E-state index contributed by atoms with van der Waals surface area (Å²) in [5, 5.41) is 8.24. The van der Waals surface area contributed by atoms with Gasteiger partial charge in [0.1, 0.15) is 5.82 Å². The monoisotopic (exact) mass is 358 g/mol. The molecule has 1 aliphatic heterocycles. The van der Waals surface area contributed by atoms with E-state index in [1.807, 2.05) is 42.7 Å². The molecule has 3 heterocycles. The average Bonchev–Trinajstić information content (AvgIpc) is 3.22. The topological polar surface area (TPSA) is 68.0 Å². The summed E-state index contributed by atoms with van der Waals surface area (Å²) >= 11 is 0. The van der Waals surface area contributed by atoms with Gasteiger partial charge in [0.25, 0.3) is 0 Å². The van der Waals surface area contributed by atoms with E-state index in [9.17, 15) is 4.79 Å². The van der Waals surface area contributed by atoms with Gasteiger partial charge in [-0.25, -0.2) is 4.98 Å². The zero-order valence-corrected chi connectivity index (χ0v) is 16.3. The second-order valence-corrected chi connectivity index (χ2v) is 7.50. The Morgan fingerprint density at radius 2 is 2.12 bits per heavy atom. The molecule has 0 saturated heterocycles. The summed E-state index contributed by atoms with van der Waals surface area (Å²) in [5.41, 5.74) is 2.17. The third-order valence-electron chi connectivity index (χ3n) is 5.01. The van der Waals surface area contributed by atoms with Gasteiger partial charge in [-0.15, -0.1) is 0 Å². The van der Waals surface area contributed by atoms with E-state index < -0.39 is 0 Å². The van der Waals surface area contributed by atoms with E-state index in [-0.39, 0.29) is 11.8 Å². The first-order valence-electron chi connectivity index (χ1n) is 9.49. The fraction of sp³-hybridized carbons (Fsp3) is 0.632. The van der Waals surface area contributed by atoms with E-state index in [1.165, 1.54) is 0 Å². The van der Waals surface area contributed by atoms with Gasteiger partial charge < -0.3 is 14.8 Å². The number of imidazole rings is 1. The van der Waals surface area contributed by atoms with Gasteiger partial charge in [-0.3, -0.25) is 9.48 Å². The Bertz CT molecular complexity index is 747. The van der Waals surface area contributed by atoms with Crippen molar-refractivity contribution < 1.29 is 4.79 Å². The maximum Gasteiger partial charge on any atom is 0.225 e. The van der Waals surface area contributed by atoms with Gasteiger partial charge in [0, 0.05) is 44.0 Å². The van der Waals surface area contributed by atoms with E-state index in [0.29, 0.717) is 12.6 Å². The lowest BCUT2D eigenvalue weighted by Crippen LogP contribution is -2.40. The molecule has 0 spiro atoms. The summed E-state index contributed by atoms with van der Waals surface area (Å²) in [5.74, 6) is 1.32. The predicted octanol–water partition coefficient (Wildman–Crippen LogP) is 1.95. The molecule has 0 fully saturated rings. The summed E-state index contributed by atoms with van der Waals surface area (Å²) in [7, 11) is 0. The van der Waals surface area contributed by atoms with Crippen molar-refractivity contribution in [3.63, 3.8) is 0 Å². The molecule has 2 aromatic rings. The Morgan fingerprint density at radius 1 is 1.31 bits per heavy atom. The Morgan fingerprint density at radius 3 is 2.81 bits per heavy atom. The van der Waals surface area contributed by atoms with Crippen LogP contribution in [0.15, 0.2) is 18.5 Å². The van der Waals surface area contributed by atoms with Gasteiger partial charge in [-0.05, 0) is 26.3 Å². The molecule has 1 aliphatic rings. The Kier molecular flexibility index (Phi) is 5.76. The van der Waals surface area contributed by atoms with Gasteiger partial charge in [0.2, 0.25) is 5.91 Å². The third kappa shape index (κ3) is 4.33. The predicted molar refractivity (Wildman–Crippen MR) is 100 cm³/mol. The molecule has 1 amide bonds. The molecule has 0 saturated carbocycles. The second kappa shape index (κ2) is 8.03. The molecule has 0 bridgehead atoms. The Hall–Kier alpha value is -2.15. The van der Waals surface area contributed by atoms with Crippen LogP contribution in [0.3, 0.4) is 0 Å². The van der Waals surface area contributed by atoms with Crippen LogP contribution < -0.4 is 5.32 Å². The summed E-state index contributed by atoms with van der Waals surface area (Å²) in [4.78, 5) is 18.4. The van der Waals surface area contributed by atoms with Gasteiger partial charge in [0.05, 0.1) is 24.5 Å². The number of nitrogens with zero attached hydrogens (tertiary/aromatic N) is 5. The highest BCUT2D eigenvalue weighted by molar-refractivity contribution is 5.78. The first-order chi connectivity index (χ1) is 12.4. The van der Waals surface area contributed by atoms with Crippen LogP contribution in [-0.2, 0) is 31.0 Å². The maximum absolute atomic E-state index is 12.2. The highest BCUT2D eigenvalue weighted by Crippen LogP contribution is 2.16. The van der Waals surface area contributed by atoms with Crippen LogP contribution in [0.1, 0.15) is 44.4 Å². The van der Waals surface area contributed by atoms with Crippen molar-refractivity contribution >= 4 is 5.91 Å². The lowest BCUT2D eigenvalue weighted by Gasteiger charge is -2.29. The standard InChI is InChI=1S/C19H30N6O/c1-14(2)19(26)24-9-10-25-18(13-24)11-17(22-25)12-21-15(3)5-7-23-8-6-20-16(23)4/h6,8,11,14-15,21H,5,7,9-10,12-13H2,1-4H3/t15-/m1/s1. The molecule has 0 radical (unpaired) electrons. The number of hydrogen-bond donors (Lipinski definition) is 1. The van der Waals surface area contributed by atoms with Crippen LogP contribution in [0, 0.1) is 12.8 Å². The van der Waals surface area contributed by atoms with Crippen LogP contribution in [0.4, 0.5) is 0 Å². The number of aryl methyl sites for hydroxylation is 2. The maximum atomic E-state index is 12.2. The fourth-order valence-corrected chi connectivity index (χ4v) is 3.32. The molecular weight excluding hydrogens is 328 g/mol. The minimum absolute atomic E-state index is 0.0468. The zero-order chi connectivity index (χ0) is 18.7. The quantitative estimate of drug-likeness (QED) is 0.821. The first kappa shape index (κ1) is 18.6. The summed E-state index contributed by atoms with van der Waals surface area (Å²) in [6, 6.07) is 2.52. The normalized spacial score (nSPS) is 15.3. The second-order valence-electron chi connectivity index (χ2n) is 7.50. The Balaban J connectivity index is 1.49. The van der Waals surface area contributed by atoms with Crippen LogP contribution in [0.2, 0.25) is 0 Å². The number of carbonyl (C=O) groups excluding carboxylic acids is 1. The summed E-state index contributed by atoms with van der Waals surface area (Å²) in [6.45, 7) is 12.1. The van der Waals surface area contributed by atoms with Crippen LogP contribution in [0.25, 0.3) is 0 Å². The minimum atomic E-state index is 0.0468. The van der Waals surface area contributed by atoms with Crippen LogP contribution in [-0.4, -0.2) is 42.7 Å². The Labute approximate surface area is 155 Å². The van der Waals surface area contributed by atoms with Gasteiger partial charge in [0.15, 0.2) is 0 Å².